The lowest BCUT2D eigenvalue weighted by atomic mass is 9.88. The van der Waals surface area contributed by atoms with E-state index in [0.717, 1.165) is 17.5 Å². The topological polar surface area (TPSA) is 87.9 Å². The molecule has 0 radical (unpaired) electrons. The van der Waals surface area contributed by atoms with Gasteiger partial charge in [-0.25, -0.2) is 19.0 Å². The Morgan fingerprint density at radius 3 is 2.87 bits per heavy atom. The van der Waals surface area contributed by atoms with Crippen LogP contribution in [0.15, 0.2) is 24.5 Å². The Morgan fingerprint density at radius 1 is 1.33 bits per heavy atom. The van der Waals surface area contributed by atoms with E-state index in [9.17, 15) is 9.50 Å². The molecule has 1 saturated heterocycles. The molecule has 3 aromatic rings. The quantitative estimate of drug-likeness (QED) is 0.540. The van der Waals surface area contributed by atoms with E-state index in [4.69, 9.17) is 23.2 Å². The molecule has 7 nitrogen and oxygen atoms in total. The molecule has 0 bridgehead atoms. The molecule has 0 aliphatic carbocycles. The van der Waals surface area contributed by atoms with Crippen LogP contribution in [0.3, 0.4) is 0 Å². The second-order valence-electron chi connectivity index (χ2n) is 8.19. The van der Waals surface area contributed by atoms with Crippen LogP contribution in [0, 0.1) is 0 Å². The predicted molar refractivity (Wildman–Crippen MR) is 116 cm³/mol. The SMILES string of the molecule is CC(C)(O)Cn1ncc(Nc2ncc3cc(Cl)c(C4CCNCC4F)cc3n2)c1Cl. The smallest absolute Gasteiger partial charge is 0.227 e. The van der Waals surface area contributed by atoms with Crippen LogP contribution in [0.4, 0.5) is 16.0 Å². The Hall–Kier alpha value is -2.00. The molecular formula is C20H23Cl2FN6O. The van der Waals surface area contributed by atoms with E-state index in [1.807, 2.05) is 6.07 Å². The summed E-state index contributed by atoms with van der Waals surface area (Å²) in [6, 6.07) is 3.62. The molecule has 160 valence electrons. The number of benzene rings is 1. The number of halogens is 3. The number of hydrogen-bond acceptors (Lipinski definition) is 6. The molecule has 3 N–H and O–H groups in total. The number of anilines is 2. The molecule has 3 heterocycles. The van der Waals surface area contributed by atoms with Gasteiger partial charge in [0.05, 0.1) is 29.5 Å². The fourth-order valence-electron chi connectivity index (χ4n) is 3.63. The lowest BCUT2D eigenvalue weighted by Crippen LogP contribution is -2.36. The first-order valence-corrected chi connectivity index (χ1v) is 10.5. The third-order valence-electron chi connectivity index (χ3n) is 5.06. The molecule has 10 heteroatoms. The third kappa shape index (κ3) is 4.51. The summed E-state index contributed by atoms with van der Waals surface area (Å²) in [6.45, 7) is 4.68. The average molecular weight is 453 g/mol. The van der Waals surface area contributed by atoms with Gasteiger partial charge in [-0.3, -0.25) is 0 Å². The van der Waals surface area contributed by atoms with E-state index >= 15 is 0 Å². The van der Waals surface area contributed by atoms with E-state index in [2.05, 4.69) is 25.7 Å². The zero-order chi connectivity index (χ0) is 21.5. The highest BCUT2D eigenvalue weighted by molar-refractivity contribution is 6.32. The summed E-state index contributed by atoms with van der Waals surface area (Å²) in [7, 11) is 0. The summed E-state index contributed by atoms with van der Waals surface area (Å²) in [5.74, 6) is 0.0756. The number of aromatic nitrogens is 4. The van der Waals surface area contributed by atoms with E-state index in [-0.39, 0.29) is 12.5 Å². The summed E-state index contributed by atoms with van der Waals surface area (Å²) in [5, 5.41) is 21.9. The van der Waals surface area contributed by atoms with Crippen LogP contribution in [0.5, 0.6) is 0 Å². The molecule has 4 rings (SSSR count). The van der Waals surface area contributed by atoms with Crippen LogP contribution in [0.2, 0.25) is 10.2 Å². The highest BCUT2D eigenvalue weighted by atomic mass is 35.5. The van der Waals surface area contributed by atoms with Crippen LogP contribution in [0.25, 0.3) is 10.9 Å². The van der Waals surface area contributed by atoms with E-state index < -0.39 is 11.8 Å². The normalized spacial score (nSPS) is 19.9. The number of hydrogen-bond donors (Lipinski definition) is 3. The molecule has 2 atom stereocenters. The minimum Gasteiger partial charge on any atom is -0.389 e. The maximum absolute atomic E-state index is 14.4. The van der Waals surface area contributed by atoms with Gasteiger partial charge in [-0.05, 0) is 44.5 Å². The lowest BCUT2D eigenvalue weighted by molar-refractivity contribution is 0.0578. The minimum atomic E-state index is -0.992. The van der Waals surface area contributed by atoms with Gasteiger partial charge in [-0.2, -0.15) is 5.10 Å². The van der Waals surface area contributed by atoms with Crippen molar-refractivity contribution >= 4 is 45.7 Å². The molecule has 2 unspecified atom stereocenters. The summed E-state index contributed by atoms with van der Waals surface area (Å²) < 4.78 is 15.9. The largest absolute Gasteiger partial charge is 0.389 e. The fourth-order valence-corrected chi connectivity index (χ4v) is 4.15. The van der Waals surface area contributed by atoms with Crippen molar-refractivity contribution in [1.82, 2.24) is 25.1 Å². The van der Waals surface area contributed by atoms with Gasteiger partial charge >= 0.3 is 0 Å². The van der Waals surface area contributed by atoms with Gasteiger partial charge in [0.2, 0.25) is 5.95 Å². The van der Waals surface area contributed by atoms with Crippen LogP contribution in [0.1, 0.15) is 31.7 Å². The van der Waals surface area contributed by atoms with E-state index in [0.29, 0.717) is 40.3 Å². The van der Waals surface area contributed by atoms with Gasteiger partial charge in [0.15, 0.2) is 5.15 Å². The van der Waals surface area contributed by atoms with Gasteiger partial charge in [-0.15, -0.1) is 0 Å². The number of nitrogens with one attached hydrogen (secondary N) is 2. The first kappa shape index (κ1) is 21.2. The van der Waals surface area contributed by atoms with Crippen LogP contribution < -0.4 is 10.6 Å². The summed E-state index contributed by atoms with van der Waals surface area (Å²) in [4.78, 5) is 8.87. The highest BCUT2D eigenvalue weighted by Gasteiger charge is 2.28. The fraction of sp³-hybridized carbons (Fsp3) is 0.450. The van der Waals surface area contributed by atoms with Crippen molar-refractivity contribution in [3.63, 3.8) is 0 Å². The first-order chi connectivity index (χ1) is 14.2. The summed E-state index contributed by atoms with van der Waals surface area (Å²) in [6.07, 6.45) is 2.90. The lowest BCUT2D eigenvalue weighted by Gasteiger charge is -2.27. The van der Waals surface area contributed by atoms with Crippen molar-refractivity contribution in [1.29, 1.82) is 0 Å². The van der Waals surface area contributed by atoms with Gasteiger partial charge < -0.3 is 15.7 Å². The number of nitrogens with zero attached hydrogens (tertiary/aromatic N) is 4. The standard InChI is InChI=1S/C20H23Cl2FN6O/c1-20(2,30)10-29-18(22)17(9-26-29)28-19-25-7-11-5-14(21)13(6-16(11)27-19)12-3-4-24-8-15(12)23/h5-7,9,12,15,24,30H,3-4,8,10H2,1-2H3,(H,25,27,28). The second-order valence-corrected chi connectivity index (χ2v) is 8.95. The van der Waals surface area contributed by atoms with Crippen LogP contribution in [-0.2, 0) is 6.54 Å². The second kappa shape index (κ2) is 8.26. The van der Waals surface area contributed by atoms with E-state index in [1.165, 1.54) is 4.68 Å². The number of fused-ring (bicyclic) bond motifs is 1. The Bertz CT molecular complexity index is 1070. The molecule has 1 aromatic carbocycles. The Kier molecular flexibility index (Phi) is 5.85. The third-order valence-corrected chi connectivity index (χ3v) is 5.79. The van der Waals surface area contributed by atoms with Crippen molar-refractivity contribution in [3.8, 4) is 0 Å². The maximum atomic E-state index is 14.4. The van der Waals surface area contributed by atoms with Gasteiger partial charge in [0.25, 0.3) is 0 Å². The van der Waals surface area contributed by atoms with Crippen LogP contribution in [-0.4, -0.2) is 49.7 Å². The zero-order valence-electron chi connectivity index (χ0n) is 16.7. The number of alkyl halides is 1. The van der Waals surface area contributed by atoms with Crippen molar-refractivity contribution in [2.75, 3.05) is 18.4 Å². The van der Waals surface area contributed by atoms with Gasteiger partial charge in [0.1, 0.15) is 6.17 Å². The van der Waals surface area contributed by atoms with Crippen molar-refractivity contribution < 1.29 is 9.50 Å². The molecule has 1 aliphatic rings. The molecule has 1 aliphatic heterocycles. The average Bonchev–Trinajstić information content (AvgIpc) is 3.00. The highest BCUT2D eigenvalue weighted by Crippen LogP contribution is 2.35. The van der Waals surface area contributed by atoms with Crippen LogP contribution >= 0.6 is 23.2 Å². The number of piperidine rings is 1. The van der Waals surface area contributed by atoms with E-state index in [1.54, 1.807) is 32.3 Å². The molecule has 0 spiro atoms. The Morgan fingerprint density at radius 2 is 2.13 bits per heavy atom. The predicted octanol–water partition coefficient (Wildman–Crippen LogP) is 4.06. The molecule has 1 fully saturated rings. The van der Waals surface area contributed by atoms with Gasteiger partial charge in [0, 0.05) is 29.1 Å². The molecule has 2 aromatic heterocycles. The molecular weight excluding hydrogens is 430 g/mol. The summed E-state index contributed by atoms with van der Waals surface area (Å²) in [5.41, 5.74) is 0.999. The minimum absolute atomic E-state index is 0.245. The zero-order valence-corrected chi connectivity index (χ0v) is 18.2. The van der Waals surface area contributed by atoms with Crippen molar-refractivity contribution in [2.24, 2.45) is 0 Å². The molecule has 30 heavy (non-hydrogen) atoms. The van der Waals surface area contributed by atoms with Crippen molar-refractivity contribution in [3.05, 3.63) is 40.3 Å². The Labute approximate surface area is 183 Å². The molecule has 0 amide bonds. The number of aliphatic hydroxyl groups is 1. The molecule has 0 saturated carbocycles. The van der Waals surface area contributed by atoms with Gasteiger partial charge in [-0.1, -0.05) is 23.2 Å². The number of rotatable bonds is 5. The summed E-state index contributed by atoms with van der Waals surface area (Å²) >= 11 is 12.8. The maximum Gasteiger partial charge on any atom is 0.227 e. The van der Waals surface area contributed by atoms with Crippen molar-refractivity contribution in [2.45, 2.75) is 44.5 Å². The monoisotopic (exact) mass is 452 g/mol. The Balaban J connectivity index is 1.62. The first-order valence-electron chi connectivity index (χ1n) is 9.73.